The van der Waals surface area contributed by atoms with Gasteiger partial charge in [0.15, 0.2) is 5.82 Å². The fraction of sp³-hybridized carbons (Fsp3) is 0.458. The molecule has 1 saturated heterocycles. The number of tetrazole rings is 1. The molecule has 6 nitrogen and oxygen atoms in total. The van der Waals surface area contributed by atoms with E-state index in [-0.39, 0.29) is 6.04 Å². The third-order valence-electron chi connectivity index (χ3n) is 6.65. The van der Waals surface area contributed by atoms with Crippen molar-refractivity contribution in [2.75, 3.05) is 26.2 Å². The second-order valence-corrected chi connectivity index (χ2v) is 8.50. The third kappa shape index (κ3) is 4.16. The van der Waals surface area contributed by atoms with Crippen molar-refractivity contribution in [1.82, 2.24) is 30.0 Å². The molecule has 2 aliphatic rings. The highest BCUT2D eigenvalue weighted by Crippen LogP contribution is 2.30. The first-order valence-electron chi connectivity index (χ1n) is 11.2. The summed E-state index contributed by atoms with van der Waals surface area (Å²) in [7, 11) is 0. The number of hydrogen-bond acceptors (Lipinski definition) is 5. The molecule has 3 aromatic rings. The molecular formula is C24H30N6. The van der Waals surface area contributed by atoms with Crippen LogP contribution in [-0.4, -0.2) is 62.2 Å². The van der Waals surface area contributed by atoms with E-state index in [1.807, 2.05) is 10.7 Å². The largest absolute Gasteiger partial charge is 0.298 e. The Bertz CT molecular complexity index is 911. The quantitative estimate of drug-likeness (QED) is 0.633. The van der Waals surface area contributed by atoms with Crippen molar-refractivity contribution in [2.45, 2.75) is 44.3 Å². The van der Waals surface area contributed by atoms with Crippen LogP contribution >= 0.6 is 0 Å². The predicted octanol–water partition coefficient (Wildman–Crippen LogP) is 3.37. The average Bonchev–Trinajstić information content (AvgIpc) is 3.49. The molecule has 2 fully saturated rings. The SMILES string of the molecule is c1ccc(Cn2nnnc2[C@H](c2ccccc2)N2CCN(C3CCCC3)CC2)cc1. The van der Waals surface area contributed by atoms with Crippen LogP contribution in [0.2, 0.25) is 0 Å². The number of piperazine rings is 1. The van der Waals surface area contributed by atoms with Crippen molar-refractivity contribution in [3.8, 4) is 0 Å². The van der Waals surface area contributed by atoms with Gasteiger partial charge in [0, 0.05) is 32.2 Å². The van der Waals surface area contributed by atoms with E-state index < -0.39 is 0 Å². The van der Waals surface area contributed by atoms with Gasteiger partial charge in [0.1, 0.15) is 0 Å². The summed E-state index contributed by atoms with van der Waals surface area (Å²) < 4.78 is 1.97. The Morgan fingerprint density at radius 2 is 1.50 bits per heavy atom. The van der Waals surface area contributed by atoms with E-state index in [0.29, 0.717) is 6.54 Å². The van der Waals surface area contributed by atoms with E-state index in [1.165, 1.54) is 36.8 Å². The number of benzene rings is 2. The molecule has 5 rings (SSSR count). The van der Waals surface area contributed by atoms with Gasteiger partial charge in [0.05, 0.1) is 12.6 Å². The lowest BCUT2D eigenvalue weighted by molar-refractivity contribution is 0.0771. The molecular weight excluding hydrogens is 372 g/mol. The Labute approximate surface area is 178 Å². The molecule has 1 aliphatic carbocycles. The summed E-state index contributed by atoms with van der Waals surface area (Å²) in [6.45, 7) is 5.06. The molecule has 0 amide bonds. The zero-order valence-electron chi connectivity index (χ0n) is 17.5. The lowest BCUT2D eigenvalue weighted by Crippen LogP contribution is -2.51. The van der Waals surface area contributed by atoms with Crippen molar-refractivity contribution in [3.05, 3.63) is 77.6 Å². The van der Waals surface area contributed by atoms with Gasteiger partial charge in [-0.05, 0) is 34.4 Å². The smallest absolute Gasteiger partial charge is 0.173 e. The topological polar surface area (TPSA) is 50.1 Å². The molecule has 0 bridgehead atoms. The van der Waals surface area contributed by atoms with E-state index in [2.05, 4.69) is 79.9 Å². The van der Waals surface area contributed by atoms with E-state index >= 15 is 0 Å². The van der Waals surface area contributed by atoms with E-state index in [9.17, 15) is 0 Å². The summed E-state index contributed by atoms with van der Waals surface area (Å²) >= 11 is 0. The predicted molar refractivity (Wildman–Crippen MR) is 117 cm³/mol. The molecule has 1 aromatic heterocycles. The van der Waals surface area contributed by atoms with Crippen LogP contribution < -0.4 is 0 Å². The van der Waals surface area contributed by atoms with E-state index in [0.717, 1.165) is 38.0 Å². The fourth-order valence-corrected chi connectivity index (χ4v) is 5.07. The van der Waals surface area contributed by atoms with Gasteiger partial charge in [-0.1, -0.05) is 73.5 Å². The summed E-state index contributed by atoms with van der Waals surface area (Å²) in [5, 5.41) is 12.9. The minimum atomic E-state index is 0.0793. The molecule has 1 saturated carbocycles. The maximum absolute atomic E-state index is 4.51. The Morgan fingerprint density at radius 1 is 0.833 bits per heavy atom. The van der Waals surface area contributed by atoms with Crippen LogP contribution in [0.15, 0.2) is 60.7 Å². The molecule has 2 aromatic carbocycles. The lowest BCUT2D eigenvalue weighted by atomic mass is 10.0. The lowest BCUT2D eigenvalue weighted by Gasteiger charge is -2.41. The van der Waals surface area contributed by atoms with E-state index in [1.54, 1.807) is 0 Å². The van der Waals surface area contributed by atoms with Gasteiger partial charge in [0.25, 0.3) is 0 Å². The highest BCUT2D eigenvalue weighted by molar-refractivity contribution is 5.25. The summed E-state index contributed by atoms with van der Waals surface area (Å²) in [6.07, 6.45) is 5.53. The summed E-state index contributed by atoms with van der Waals surface area (Å²) in [6, 6.07) is 22.0. The molecule has 1 aliphatic heterocycles. The van der Waals surface area contributed by atoms with Gasteiger partial charge in [-0.2, -0.15) is 0 Å². The first-order chi connectivity index (χ1) is 14.9. The minimum Gasteiger partial charge on any atom is -0.298 e. The van der Waals surface area contributed by atoms with Crippen LogP contribution in [0.5, 0.6) is 0 Å². The molecule has 0 spiro atoms. The Hall–Kier alpha value is -2.57. The van der Waals surface area contributed by atoms with Gasteiger partial charge in [-0.25, -0.2) is 4.68 Å². The normalized spacial score (nSPS) is 19.9. The first kappa shape index (κ1) is 19.4. The fourth-order valence-electron chi connectivity index (χ4n) is 5.07. The Morgan fingerprint density at radius 3 is 2.20 bits per heavy atom. The molecule has 1 atom stereocenters. The Kier molecular flexibility index (Phi) is 5.86. The second-order valence-electron chi connectivity index (χ2n) is 8.50. The van der Waals surface area contributed by atoms with Gasteiger partial charge >= 0.3 is 0 Å². The average molecular weight is 403 g/mol. The first-order valence-corrected chi connectivity index (χ1v) is 11.2. The molecule has 30 heavy (non-hydrogen) atoms. The molecule has 0 radical (unpaired) electrons. The van der Waals surface area contributed by atoms with Crippen LogP contribution in [0.4, 0.5) is 0 Å². The van der Waals surface area contributed by atoms with Crippen molar-refractivity contribution in [2.24, 2.45) is 0 Å². The summed E-state index contributed by atoms with van der Waals surface area (Å²) in [5.74, 6) is 0.930. The van der Waals surface area contributed by atoms with Crippen LogP contribution in [0.3, 0.4) is 0 Å². The second kappa shape index (κ2) is 9.06. The molecule has 0 unspecified atom stereocenters. The molecule has 156 valence electrons. The number of hydrogen-bond donors (Lipinski definition) is 0. The van der Waals surface area contributed by atoms with Gasteiger partial charge in [-0.15, -0.1) is 5.10 Å². The minimum absolute atomic E-state index is 0.0793. The van der Waals surface area contributed by atoms with Gasteiger partial charge in [-0.3, -0.25) is 9.80 Å². The highest BCUT2D eigenvalue weighted by atomic mass is 15.6. The number of rotatable bonds is 6. The zero-order chi connectivity index (χ0) is 20.2. The maximum Gasteiger partial charge on any atom is 0.173 e. The standard InChI is InChI=1S/C24H30N6/c1-3-9-20(10-4-1)19-30-24(25-26-27-30)23(21-11-5-2-6-12-21)29-17-15-28(16-18-29)22-13-7-8-14-22/h1-6,9-12,22-23H,7-8,13-19H2/t23-/m0/s1. The Balaban J connectivity index is 1.39. The summed E-state index contributed by atoms with van der Waals surface area (Å²) in [5.41, 5.74) is 2.47. The number of nitrogens with zero attached hydrogens (tertiary/aromatic N) is 6. The van der Waals surface area contributed by atoms with Gasteiger partial charge in [0.2, 0.25) is 0 Å². The molecule has 0 N–H and O–H groups in total. The third-order valence-corrected chi connectivity index (χ3v) is 6.65. The molecule has 6 heteroatoms. The number of aromatic nitrogens is 4. The monoisotopic (exact) mass is 402 g/mol. The van der Waals surface area contributed by atoms with Crippen molar-refractivity contribution in [3.63, 3.8) is 0 Å². The molecule has 2 heterocycles. The van der Waals surface area contributed by atoms with Crippen LogP contribution in [0.25, 0.3) is 0 Å². The van der Waals surface area contributed by atoms with Crippen LogP contribution in [0, 0.1) is 0 Å². The zero-order valence-corrected chi connectivity index (χ0v) is 17.5. The van der Waals surface area contributed by atoms with Crippen LogP contribution in [0.1, 0.15) is 48.7 Å². The van der Waals surface area contributed by atoms with E-state index in [4.69, 9.17) is 0 Å². The summed E-state index contributed by atoms with van der Waals surface area (Å²) in [4.78, 5) is 5.27. The van der Waals surface area contributed by atoms with Crippen molar-refractivity contribution >= 4 is 0 Å². The maximum atomic E-state index is 4.51. The van der Waals surface area contributed by atoms with Crippen LogP contribution in [-0.2, 0) is 6.54 Å². The highest BCUT2D eigenvalue weighted by Gasteiger charge is 2.32. The van der Waals surface area contributed by atoms with Gasteiger partial charge < -0.3 is 0 Å². The van der Waals surface area contributed by atoms with Crippen molar-refractivity contribution in [1.29, 1.82) is 0 Å². The van der Waals surface area contributed by atoms with Crippen molar-refractivity contribution < 1.29 is 0 Å².